The summed E-state index contributed by atoms with van der Waals surface area (Å²) in [5, 5.41) is 4.62. The summed E-state index contributed by atoms with van der Waals surface area (Å²) in [4.78, 5) is 0. The summed E-state index contributed by atoms with van der Waals surface area (Å²) in [7, 11) is 0. The molecule has 0 spiro atoms. The van der Waals surface area contributed by atoms with E-state index >= 15 is 0 Å². The van der Waals surface area contributed by atoms with Crippen molar-refractivity contribution in [3.05, 3.63) is 27.7 Å². The minimum atomic E-state index is 0.294. The number of hydrogen-bond acceptors (Lipinski definition) is 2. The van der Waals surface area contributed by atoms with E-state index in [1.54, 1.807) is 0 Å². The van der Waals surface area contributed by atoms with E-state index < -0.39 is 0 Å². The Bertz CT molecular complexity index is 407. The molecule has 0 radical (unpaired) electrons. The maximum atomic E-state index is 6.20. The molecule has 1 aromatic rings. The van der Waals surface area contributed by atoms with Crippen molar-refractivity contribution in [1.29, 1.82) is 0 Å². The van der Waals surface area contributed by atoms with E-state index in [1.807, 2.05) is 12.1 Å². The first-order valence-electron chi connectivity index (χ1n) is 5.96. The zero-order valence-electron chi connectivity index (χ0n) is 10.1. The number of ether oxygens (including phenoxy) is 1. The van der Waals surface area contributed by atoms with Crippen LogP contribution in [0.25, 0.3) is 0 Å². The number of hydrogen-bond donors (Lipinski definition) is 1. The molecule has 0 amide bonds. The third-order valence-corrected chi connectivity index (χ3v) is 3.66. The minimum absolute atomic E-state index is 0.294. The molecule has 0 bridgehead atoms. The molecule has 17 heavy (non-hydrogen) atoms. The number of rotatable bonds is 2. The van der Waals surface area contributed by atoms with Crippen molar-refractivity contribution in [2.45, 2.75) is 38.8 Å². The monoisotopic (exact) mass is 273 g/mol. The van der Waals surface area contributed by atoms with E-state index in [2.05, 4.69) is 19.2 Å². The van der Waals surface area contributed by atoms with Crippen LogP contribution in [-0.4, -0.2) is 12.6 Å². The second-order valence-corrected chi connectivity index (χ2v) is 5.43. The molecule has 2 rings (SSSR count). The molecule has 1 unspecified atom stereocenters. The van der Waals surface area contributed by atoms with Gasteiger partial charge in [0.1, 0.15) is 10.8 Å². The Balaban J connectivity index is 2.39. The normalized spacial score (nSPS) is 19.7. The van der Waals surface area contributed by atoms with E-state index in [0.29, 0.717) is 28.7 Å². The molecule has 94 valence electrons. The summed E-state index contributed by atoms with van der Waals surface area (Å²) < 4.78 is 5.72. The Hall–Kier alpha value is -0.440. The summed E-state index contributed by atoms with van der Waals surface area (Å²) >= 11 is 12.2. The number of benzene rings is 1. The van der Waals surface area contributed by atoms with Gasteiger partial charge < -0.3 is 10.1 Å². The van der Waals surface area contributed by atoms with Gasteiger partial charge in [0.2, 0.25) is 0 Å². The molecule has 1 heterocycles. The quantitative estimate of drug-likeness (QED) is 0.872. The molecule has 1 aliphatic rings. The fraction of sp³-hybridized carbons (Fsp3) is 0.538. The van der Waals surface area contributed by atoms with Crippen LogP contribution in [0.15, 0.2) is 12.1 Å². The molecule has 1 aliphatic heterocycles. The van der Waals surface area contributed by atoms with Gasteiger partial charge in [0.25, 0.3) is 0 Å². The summed E-state index contributed by atoms with van der Waals surface area (Å²) in [5.74, 6) is 0.745. The van der Waals surface area contributed by atoms with Crippen molar-refractivity contribution in [3.63, 3.8) is 0 Å². The zero-order chi connectivity index (χ0) is 12.4. The molecule has 1 atom stereocenters. The van der Waals surface area contributed by atoms with Crippen LogP contribution in [0.1, 0.15) is 38.3 Å². The predicted octanol–water partition coefficient (Wildman–Crippen LogP) is 4.21. The van der Waals surface area contributed by atoms with Gasteiger partial charge in [-0.25, -0.2) is 0 Å². The van der Waals surface area contributed by atoms with Gasteiger partial charge in [-0.3, -0.25) is 0 Å². The number of nitrogens with one attached hydrogen (secondary N) is 1. The molecular weight excluding hydrogens is 257 g/mol. The van der Waals surface area contributed by atoms with Crippen LogP contribution >= 0.6 is 23.2 Å². The lowest BCUT2D eigenvalue weighted by Crippen LogP contribution is -2.27. The maximum Gasteiger partial charge on any atom is 0.144 e. The van der Waals surface area contributed by atoms with Crippen LogP contribution in [-0.2, 0) is 0 Å². The van der Waals surface area contributed by atoms with Crippen molar-refractivity contribution in [1.82, 2.24) is 5.32 Å². The molecule has 4 heteroatoms. The summed E-state index contributed by atoms with van der Waals surface area (Å²) in [6.07, 6.45) is 2.08. The molecule has 1 N–H and O–H groups in total. The van der Waals surface area contributed by atoms with Gasteiger partial charge in [0.15, 0.2) is 0 Å². The zero-order valence-corrected chi connectivity index (χ0v) is 11.6. The first kappa shape index (κ1) is 13.0. The third kappa shape index (κ3) is 2.87. The largest absolute Gasteiger partial charge is 0.492 e. The fourth-order valence-corrected chi connectivity index (χ4v) is 2.54. The highest BCUT2D eigenvalue weighted by molar-refractivity contribution is 6.43. The molecule has 0 fully saturated rings. The SMILES string of the molecule is CC(C)NC1CCCOc2c1ccc(Cl)c2Cl. The van der Waals surface area contributed by atoms with Gasteiger partial charge in [-0.15, -0.1) is 0 Å². The lowest BCUT2D eigenvalue weighted by atomic mass is 10.0. The first-order chi connectivity index (χ1) is 8.09. The first-order valence-corrected chi connectivity index (χ1v) is 6.72. The Morgan fingerprint density at radius 2 is 2.12 bits per heavy atom. The average Bonchev–Trinajstić information content (AvgIpc) is 2.46. The van der Waals surface area contributed by atoms with Crippen molar-refractivity contribution >= 4 is 23.2 Å². The fourth-order valence-electron chi connectivity index (χ4n) is 2.16. The molecule has 0 saturated heterocycles. The van der Waals surface area contributed by atoms with Crippen LogP contribution < -0.4 is 10.1 Å². The van der Waals surface area contributed by atoms with Gasteiger partial charge >= 0.3 is 0 Å². The third-order valence-electron chi connectivity index (χ3n) is 2.87. The molecule has 2 nitrogen and oxygen atoms in total. The van der Waals surface area contributed by atoms with E-state index in [-0.39, 0.29) is 0 Å². The topological polar surface area (TPSA) is 21.3 Å². The smallest absolute Gasteiger partial charge is 0.144 e. The predicted molar refractivity (Wildman–Crippen MR) is 72.2 cm³/mol. The molecule has 0 aromatic heterocycles. The van der Waals surface area contributed by atoms with Crippen LogP contribution in [0.5, 0.6) is 5.75 Å². The highest BCUT2D eigenvalue weighted by atomic mass is 35.5. The summed E-state index contributed by atoms with van der Waals surface area (Å²) in [6, 6.07) is 4.57. The standard InChI is InChI=1S/C13H17Cl2NO/c1-8(2)16-11-4-3-7-17-13-9(11)5-6-10(14)12(13)15/h5-6,8,11,16H,3-4,7H2,1-2H3. The molecule has 1 aromatic carbocycles. The van der Waals surface area contributed by atoms with Crippen molar-refractivity contribution in [3.8, 4) is 5.75 Å². The van der Waals surface area contributed by atoms with E-state index in [4.69, 9.17) is 27.9 Å². The Kier molecular flexibility index (Phi) is 4.18. The summed E-state index contributed by atoms with van der Waals surface area (Å²) in [5.41, 5.74) is 1.12. The highest BCUT2D eigenvalue weighted by Gasteiger charge is 2.23. The molecule has 0 aliphatic carbocycles. The van der Waals surface area contributed by atoms with Gasteiger partial charge in [-0.1, -0.05) is 43.1 Å². The number of fused-ring (bicyclic) bond motifs is 1. The highest BCUT2D eigenvalue weighted by Crippen LogP contribution is 2.40. The van der Waals surface area contributed by atoms with Crippen LogP contribution in [0, 0.1) is 0 Å². The van der Waals surface area contributed by atoms with E-state index in [9.17, 15) is 0 Å². The summed E-state index contributed by atoms with van der Waals surface area (Å²) in [6.45, 7) is 4.98. The Morgan fingerprint density at radius 1 is 1.35 bits per heavy atom. The van der Waals surface area contributed by atoms with Crippen molar-refractivity contribution < 1.29 is 4.74 Å². The molecular formula is C13H17Cl2NO. The van der Waals surface area contributed by atoms with E-state index in [1.165, 1.54) is 0 Å². The second kappa shape index (κ2) is 5.47. The van der Waals surface area contributed by atoms with Gasteiger partial charge in [0.05, 0.1) is 11.6 Å². The van der Waals surface area contributed by atoms with E-state index in [0.717, 1.165) is 24.2 Å². The van der Waals surface area contributed by atoms with Crippen LogP contribution in [0.3, 0.4) is 0 Å². The maximum absolute atomic E-state index is 6.20. The molecule has 0 saturated carbocycles. The van der Waals surface area contributed by atoms with Gasteiger partial charge in [-0.2, -0.15) is 0 Å². The Labute approximate surface area is 112 Å². The Morgan fingerprint density at radius 3 is 2.82 bits per heavy atom. The van der Waals surface area contributed by atoms with Crippen LogP contribution in [0.2, 0.25) is 10.0 Å². The second-order valence-electron chi connectivity index (χ2n) is 4.64. The van der Waals surface area contributed by atoms with Gasteiger partial charge in [-0.05, 0) is 18.9 Å². The average molecular weight is 274 g/mol. The lowest BCUT2D eigenvalue weighted by Gasteiger charge is -2.21. The van der Waals surface area contributed by atoms with Crippen LogP contribution in [0.4, 0.5) is 0 Å². The van der Waals surface area contributed by atoms with Gasteiger partial charge in [0, 0.05) is 17.6 Å². The minimum Gasteiger partial charge on any atom is -0.492 e. The van der Waals surface area contributed by atoms with Crippen molar-refractivity contribution in [2.75, 3.05) is 6.61 Å². The lowest BCUT2D eigenvalue weighted by molar-refractivity contribution is 0.315. The number of halogens is 2. The van der Waals surface area contributed by atoms with Crippen molar-refractivity contribution in [2.24, 2.45) is 0 Å².